The second kappa shape index (κ2) is 8.50. The maximum absolute atomic E-state index is 12.0. The average molecular weight is 346 g/mol. The maximum atomic E-state index is 12.0. The minimum absolute atomic E-state index is 0.0745. The summed E-state index contributed by atoms with van der Waals surface area (Å²) in [4.78, 5) is 22.9. The van der Waals surface area contributed by atoms with Crippen LogP contribution in [0.5, 0.6) is 5.75 Å². The molecule has 2 aromatic rings. The molecule has 0 spiro atoms. The molecule has 1 N–H and O–H groups in total. The number of halogens is 1. The topological polar surface area (TPSA) is 55.4 Å². The average Bonchev–Trinajstić information content (AvgIpc) is 2.54. The van der Waals surface area contributed by atoms with Crippen molar-refractivity contribution in [2.75, 3.05) is 11.9 Å². The van der Waals surface area contributed by atoms with Crippen LogP contribution >= 0.6 is 11.6 Å². The van der Waals surface area contributed by atoms with Crippen molar-refractivity contribution < 1.29 is 14.3 Å². The first kappa shape index (κ1) is 18.0. The molecule has 0 aliphatic heterocycles. The summed E-state index contributed by atoms with van der Waals surface area (Å²) in [5, 5.41) is 3.42. The van der Waals surface area contributed by atoms with E-state index in [2.05, 4.69) is 5.32 Å². The second-order valence-electron chi connectivity index (χ2n) is 5.64. The van der Waals surface area contributed by atoms with E-state index in [0.717, 1.165) is 11.1 Å². The van der Waals surface area contributed by atoms with E-state index in [9.17, 15) is 9.59 Å². The molecule has 5 heteroatoms. The van der Waals surface area contributed by atoms with Gasteiger partial charge in [-0.1, -0.05) is 23.7 Å². The van der Waals surface area contributed by atoms with Crippen LogP contribution in [0.2, 0.25) is 5.02 Å². The van der Waals surface area contributed by atoms with E-state index in [1.54, 1.807) is 37.3 Å². The molecule has 0 fully saturated rings. The number of ether oxygens (including phenoxy) is 1. The third-order valence-corrected chi connectivity index (χ3v) is 3.76. The molecule has 0 bridgehead atoms. The summed E-state index contributed by atoms with van der Waals surface area (Å²) < 4.78 is 5.48. The highest BCUT2D eigenvalue weighted by Gasteiger charge is 2.06. The van der Waals surface area contributed by atoms with E-state index >= 15 is 0 Å². The highest BCUT2D eigenvalue weighted by atomic mass is 35.5. The first-order valence-corrected chi connectivity index (χ1v) is 8.09. The van der Waals surface area contributed by atoms with Crippen LogP contribution in [0.1, 0.15) is 24.5 Å². The Labute approximate surface area is 146 Å². The van der Waals surface area contributed by atoms with Gasteiger partial charge in [0.2, 0.25) is 0 Å². The molecule has 0 aliphatic carbocycles. The fourth-order valence-corrected chi connectivity index (χ4v) is 2.40. The lowest BCUT2D eigenvalue weighted by atomic mass is 10.1. The molecule has 0 aromatic heterocycles. The van der Waals surface area contributed by atoms with Gasteiger partial charge in [0.15, 0.2) is 6.61 Å². The van der Waals surface area contributed by atoms with Gasteiger partial charge in [0.25, 0.3) is 5.91 Å². The number of ketones is 1. The number of carbonyl (C=O) groups excluding carboxylic acids is 2. The summed E-state index contributed by atoms with van der Waals surface area (Å²) in [6.07, 6.45) is 1.25. The SMILES string of the molecule is CC(=O)CCc1ccc(OCC(=O)Nc2ccc(Cl)cc2C)cc1. The molecule has 1 amide bonds. The van der Waals surface area contributed by atoms with Gasteiger partial charge in [0.05, 0.1) is 0 Å². The van der Waals surface area contributed by atoms with Crippen LogP contribution in [0.15, 0.2) is 42.5 Å². The summed E-state index contributed by atoms with van der Waals surface area (Å²) in [6, 6.07) is 12.7. The zero-order chi connectivity index (χ0) is 17.5. The number of anilines is 1. The van der Waals surface area contributed by atoms with Crippen molar-refractivity contribution in [2.45, 2.75) is 26.7 Å². The standard InChI is InChI=1S/C19H20ClNO3/c1-13-11-16(20)7-10-18(13)21-19(23)12-24-17-8-5-15(6-9-17)4-3-14(2)22/h5-11H,3-4,12H2,1-2H3,(H,21,23). The molecule has 4 nitrogen and oxygen atoms in total. The maximum Gasteiger partial charge on any atom is 0.262 e. The Bertz CT molecular complexity index is 726. The van der Waals surface area contributed by atoms with Crippen molar-refractivity contribution in [1.82, 2.24) is 0 Å². The number of benzene rings is 2. The molecule has 0 heterocycles. The molecule has 24 heavy (non-hydrogen) atoms. The Kier molecular flexibility index (Phi) is 6.38. The summed E-state index contributed by atoms with van der Waals surface area (Å²) in [5.41, 5.74) is 2.68. The highest BCUT2D eigenvalue weighted by molar-refractivity contribution is 6.30. The molecule has 0 saturated carbocycles. The number of rotatable bonds is 7. The third-order valence-electron chi connectivity index (χ3n) is 3.52. The molecule has 0 atom stereocenters. The van der Waals surface area contributed by atoms with Crippen molar-refractivity contribution in [2.24, 2.45) is 0 Å². The predicted octanol–water partition coefficient (Wildman–Crippen LogP) is 4.19. The molecular formula is C19H20ClNO3. The van der Waals surface area contributed by atoms with Gasteiger partial charge in [-0.15, -0.1) is 0 Å². The minimum Gasteiger partial charge on any atom is -0.484 e. The highest BCUT2D eigenvalue weighted by Crippen LogP contribution is 2.19. The van der Waals surface area contributed by atoms with E-state index in [-0.39, 0.29) is 18.3 Å². The zero-order valence-electron chi connectivity index (χ0n) is 13.8. The summed E-state index contributed by atoms with van der Waals surface area (Å²) >= 11 is 5.89. The number of hydrogen-bond donors (Lipinski definition) is 1. The number of Topliss-reactive ketones (excluding diaryl/α,β-unsaturated/α-hetero) is 1. The summed E-state index contributed by atoms with van der Waals surface area (Å²) in [7, 11) is 0. The van der Waals surface area contributed by atoms with E-state index in [1.165, 1.54) is 0 Å². The van der Waals surface area contributed by atoms with Crippen molar-refractivity contribution in [1.29, 1.82) is 0 Å². The number of carbonyl (C=O) groups is 2. The number of nitrogens with one attached hydrogen (secondary N) is 1. The van der Waals surface area contributed by atoms with Gasteiger partial charge in [0, 0.05) is 17.1 Å². The molecule has 2 rings (SSSR count). The van der Waals surface area contributed by atoms with Crippen LogP contribution in [0, 0.1) is 6.92 Å². The van der Waals surface area contributed by atoms with E-state index < -0.39 is 0 Å². The van der Waals surface area contributed by atoms with Crippen LogP contribution < -0.4 is 10.1 Å². The lowest BCUT2D eigenvalue weighted by molar-refractivity contribution is -0.118. The number of amides is 1. The van der Waals surface area contributed by atoms with E-state index in [4.69, 9.17) is 16.3 Å². The predicted molar refractivity (Wildman–Crippen MR) is 95.8 cm³/mol. The summed E-state index contributed by atoms with van der Waals surface area (Å²) in [6.45, 7) is 3.38. The monoisotopic (exact) mass is 345 g/mol. The smallest absolute Gasteiger partial charge is 0.262 e. The molecule has 0 unspecified atom stereocenters. The van der Waals surface area contributed by atoms with Gasteiger partial charge in [0.1, 0.15) is 11.5 Å². The van der Waals surface area contributed by atoms with Crippen molar-refractivity contribution in [3.8, 4) is 5.75 Å². The third kappa shape index (κ3) is 5.70. The molecule has 0 radical (unpaired) electrons. The quantitative estimate of drug-likeness (QED) is 0.818. The van der Waals surface area contributed by atoms with Crippen LogP contribution in [-0.2, 0) is 16.0 Å². The van der Waals surface area contributed by atoms with Gasteiger partial charge >= 0.3 is 0 Å². The Hall–Kier alpha value is -2.33. The Morgan fingerprint density at radius 2 is 1.83 bits per heavy atom. The molecular weight excluding hydrogens is 326 g/mol. The Morgan fingerprint density at radius 3 is 2.46 bits per heavy atom. The van der Waals surface area contributed by atoms with Gasteiger partial charge in [-0.25, -0.2) is 0 Å². The van der Waals surface area contributed by atoms with E-state index in [1.807, 2.05) is 19.1 Å². The lowest BCUT2D eigenvalue weighted by Gasteiger charge is -2.10. The van der Waals surface area contributed by atoms with Gasteiger partial charge < -0.3 is 14.8 Å². The van der Waals surface area contributed by atoms with Crippen LogP contribution in [0.3, 0.4) is 0 Å². The first-order chi connectivity index (χ1) is 11.4. The molecule has 126 valence electrons. The van der Waals surface area contributed by atoms with Crippen molar-refractivity contribution >= 4 is 29.0 Å². The van der Waals surface area contributed by atoms with Crippen molar-refractivity contribution in [3.05, 3.63) is 58.6 Å². The van der Waals surface area contributed by atoms with E-state index in [0.29, 0.717) is 29.3 Å². The van der Waals surface area contributed by atoms with Crippen LogP contribution in [-0.4, -0.2) is 18.3 Å². The molecule has 2 aromatic carbocycles. The number of aryl methyl sites for hydroxylation is 2. The van der Waals surface area contributed by atoms with Crippen LogP contribution in [0.25, 0.3) is 0 Å². The lowest BCUT2D eigenvalue weighted by Crippen LogP contribution is -2.20. The normalized spacial score (nSPS) is 10.3. The second-order valence-corrected chi connectivity index (χ2v) is 6.08. The Balaban J connectivity index is 1.84. The Morgan fingerprint density at radius 1 is 1.12 bits per heavy atom. The minimum atomic E-state index is -0.235. The van der Waals surface area contributed by atoms with Gasteiger partial charge in [-0.3, -0.25) is 4.79 Å². The fourth-order valence-electron chi connectivity index (χ4n) is 2.18. The zero-order valence-corrected chi connectivity index (χ0v) is 14.5. The van der Waals surface area contributed by atoms with Gasteiger partial charge in [-0.2, -0.15) is 0 Å². The van der Waals surface area contributed by atoms with Gasteiger partial charge in [-0.05, 0) is 61.7 Å². The first-order valence-electron chi connectivity index (χ1n) is 7.71. The van der Waals surface area contributed by atoms with Crippen molar-refractivity contribution in [3.63, 3.8) is 0 Å². The summed E-state index contributed by atoms with van der Waals surface area (Å²) in [5.74, 6) is 0.551. The fraction of sp³-hybridized carbons (Fsp3) is 0.263. The van der Waals surface area contributed by atoms with Crippen LogP contribution in [0.4, 0.5) is 5.69 Å². The number of hydrogen-bond acceptors (Lipinski definition) is 3. The largest absolute Gasteiger partial charge is 0.484 e. The molecule has 0 saturated heterocycles. The molecule has 0 aliphatic rings.